The summed E-state index contributed by atoms with van der Waals surface area (Å²) in [4.78, 5) is 22.0. The first-order valence-corrected chi connectivity index (χ1v) is 4.09. The van der Waals surface area contributed by atoms with Crippen molar-refractivity contribution in [2.45, 2.75) is 19.8 Å². The summed E-state index contributed by atoms with van der Waals surface area (Å²) in [6.45, 7) is 1.50. The lowest BCUT2D eigenvalue weighted by Crippen LogP contribution is -2.33. The maximum atomic E-state index is 11.1. The Kier molecular flexibility index (Phi) is 2.63. The molecule has 3 nitrogen and oxygen atoms in total. The number of Topliss-reactive ketones (excluding diaryl/α,β-unsaturated/α-hetero) is 1. The van der Waals surface area contributed by atoms with E-state index < -0.39 is 0 Å². The summed E-state index contributed by atoms with van der Waals surface area (Å²) in [7, 11) is 0. The van der Waals surface area contributed by atoms with Crippen LogP contribution >= 0.6 is 0 Å². The van der Waals surface area contributed by atoms with Gasteiger partial charge < -0.3 is 5.73 Å². The predicted octanol–water partition coefficient (Wildman–Crippen LogP) is 0.643. The van der Waals surface area contributed by atoms with Crippen LogP contribution in [0, 0.1) is 11.8 Å². The van der Waals surface area contributed by atoms with Crippen LogP contribution in [-0.2, 0) is 9.59 Å². The summed E-state index contributed by atoms with van der Waals surface area (Å²) in [5, 5.41) is 0. The maximum absolute atomic E-state index is 11.1. The summed E-state index contributed by atoms with van der Waals surface area (Å²) in [5.41, 5.74) is 5.17. The molecular weight excluding hydrogens is 154 g/mol. The molecule has 0 saturated carbocycles. The normalized spacial score (nSPS) is 28.4. The van der Waals surface area contributed by atoms with E-state index in [2.05, 4.69) is 0 Å². The van der Waals surface area contributed by atoms with E-state index in [9.17, 15) is 9.59 Å². The summed E-state index contributed by atoms with van der Waals surface area (Å²) in [6, 6.07) is 0. The molecule has 1 aliphatic carbocycles. The first-order valence-electron chi connectivity index (χ1n) is 4.09. The minimum absolute atomic E-state index is 0.0229. The lowest BCUT2D eigenvalue weighted by Gasteiger charge is -2.22. The molecule has 0 saturated heterocycles. The lowest BCUT2D eigenvalue weighted by molar-refractivity contribution is -0.129. The number of nitrogens with two attached hydrogens (primary N) is 1. The van der Waals surface area contributed by atoms with Crippen molar-refractivity contribution in [1.29, 1.82) is 0 Å². The van der Waals surface area contributed by atoms with Gasteiger partial charge in [-0.25, -0.2) is 0 Å². The average Bonchev–Trinajstić information content (AvgIpc) is 2.04. The maximum Gasteiger partial charge on any atom is 0.221 e. The largest absolute Gasteiger partial charge is 0.369 e. The molecule has 0 bridgehead atoms. The Balaban J connectivity index is 2.79. The average molecular weight is 167 g/mol. The number of amides is 1. The second-order valence-electron chi connectivity index (χ2n) is 3.15. The van der Waals surface area contributed by atoms with Gasteiger partial charge in [-0.2, -0.15) is 0 Å². The molecule has 0 aliphatic heterocycles. The molecule has 0 fully saturated rings. The van der Waals surface area contributed by atoms with Crippen LogP contribution in [0.15, 0.2) is 12.2 Å². The smallest absolute Gasteiger partial charge is 0.221 e. The zero-order chi connectivity index (χ0) is 9.14. The number of ketones is 1. The van der Waals surface area contributed by atoms with E-state index in [0.29, 0.717) is 6.42 Å². The molecule has 2 unspecified atom stereocenters. The second-order valence-corrected chi connectivity index (χ2v) is 3.15. The summed E-state index contributed by atoms with van der Waals surface area (Å²) >= 11 is 0. The fourth-order valence-corrected chi connectivity index (χ4v) is 1.57. The van der Waals surface area contributed by atoms with Crippen LogP contribution < -0.4 is 5.73 Å². The number of carbonyl (C=O) groups is 2. The lowest BCUT2D eigenvalue weighted by atomic mass is 9.81. The minimum Gasteiger partial charge on any atom is -0.369 e. The third-order valence-corrected chi connectivity index (χ3v) is 2.26. The van der Waals surface area contributed by atoms with Gasteiger partial charge in [0.05, 0.1) is 5.92 Å². The van der Waals surface area contributed by atoms with E-state index in [1.165, 1.54) is 6.92 Å². The highest BCUT2D eigenvalue weighted by molar-refractivity contribution is 5.88. The molecule has 2 N–H and O–H groups in total. The molecule has 0 radical (unpaired) electrons. The second kappa shape index (κ2) is 3.52. The molecule has 1 aliphatic rings. The zero-order valence-electron chi connectivity index (χ0n) is 7.12. The van der Waals surface area contributed by atoms with Gasteiger partial charge in [0.25, 0.3) is 0 Å². The molecule has 66 valence electrons. The van der Waals surface area contributed by atoms with Crippen molar-refractivity contribution in [2.24, 2.45) is 17.6 Å². The number of hydrogen-bond acceptors (Lipinski definition) is 2. The van der Waals surface area contributed by atoms with Crippen molar-refractivity contribution in [3.05, 3.63) is 12.2 Å². The Morgan fingerprint density at radius 2 is 2.17 bits per heavy atom. The highest BCUT2D eigenvalue weighted by atomic mass is 16.1. The van der Waals surface area contributed by atoms with Gasteiger partial charge in [-0.05, 0) is 19.8 Å². The fourth-order valence-electron chi connectivity index (χ4n) is 1.57. The predicted molar refractivity (Wildman–Crippen MR) is 45.2 cm³/mol. The third kappa shape index (κ3) is 1.72. The molecule has 0 aromatic carbocycles. The van der Waals surface area contributed by atoms with Crippen molar-refractivity contribution < 1.29 is 9.59 Å². The van der Waals surface area contributed by atoms with Crippen LogP contribution in [0.2, 0.25) is 0 Å². The van der Waals surface area contributed by atoms with Gasteiger partial charge in [0.2, 0.25) is 5.91 Å². The molecule has 1 amide bonds. The Hall–Kier alpha value is -1.12. The minimum atomic E-state index is -0.362. The van der Waals surface area contributed by atoms with Gasteiger partial charge >= 0.3 is 0 Å². The molecule has 3 heteroatoms. The number of carbonyl (C=O) groups excluding carboxylic acids is 2. The molecule has 1 rings (SSSR count). The monoisotopic (exact) mass is 167 g/mol. The van der Waals surface area contributed by atoms with Crippen molar-refractivity contribution in [2.75, 3.05) is 0 Å². The van der Waals surface area contributed by atoms with Crippen LogP contribution in [0.25, 0.3) is 0 Å². The van der Waals surface area contributed by atoms with Crippen LogP contribution in [0.3, 0.4) is 0 Å². The molecule has 0 heterocycles. The number of hydrogen-bond donors (Lipinski definition) is 1. The number of allylic oxidation sites excluding steroid dienone is 2. The van der Waals surface area contributed by atoms with E-state index in [4.69, 9.17) is 5.73 Å². The number of primary amides is 1. The molecule has 0 spiro atoms. The van der Waals surface area contributed by atoms with Crippen LogP contribution in [-0.4, -0.2) is 11.7 Å². The quantitative estimate of drug-likeness (QED) is 0.613. The van der Waals surface area contributed by atoms with E-state index in [-0.39, 0.29) is 23.5 Å². The number of rotatable bonds is 2. The van der Waals surface area contributed by atoms with Crippen molar-refractivity contribution >= 4 is 11.7 Å². The molecule has 0 aromatic heterocycles. The van der Waals surface area contributed by atoms with Gasteiger partial charge in [0.1, 0.15) is 5.78 Å². The van der Waals surface area contributed by atoms with Crippen LogP contribution in [0.1, 0.15) is 19.8 Å². The first-order chi connectivity index (χ1) is 5.63. The van der Waals surface area contributed by atoms with Crippen LogP contribution in [0.4, 0.5) is 0 Å². The highest BCUT2D eigenvalue weighted by Crippen LogP contribution is 2.24. The summed E-state index contributed by atoms with van der Waals surface area (Å²) in [5.74, 6) is -0.905. The van der Waals surface area contributed by atoms with Crippen molar-refractivity contribution in [3.63, 3.8) is 0 Å². The van der Waals surface area contributed by atoms with Gasteiger partial charge in [0, 0.05) is 5.92 Å². The van der Waals surface area contributed by atoms with E-state index in [1.54, 1.807) is 6.08 Å². The van der Waals surface area contributed by atoms with Gasteiger partial charge in [0.15, 0.2) is 0 Å². The standard InChI is InChI=1S/C9H13NO2/c1-6(11)7-4-2-3-5-8(7)9(10)12/h2,4,7-8H,3,5H2,1H3,(H2,10,12). The first kappa shape index (κ1) is 8.97. The Labute approximate surface area is 71.6 Å². The molecule has 12 heavy (non-hydrogen) atoms. The Morgan fingerprint density at radius 1 is 1.50 bits per heavy atom. The molecule has 0 aromatic rings. The topological polar surface area (TPSA) is 60.2 Å². The van der Waals surface area contributed by atoms with E-state index in [0.717, 1.165) is 6.42 Å². The Morgan fingerprint density at radius 3 is 2.58 bits per heavy atom. The molecular formula is C9H13NO2. The van der Waals surface area contributed by atoms with Crippen LogP contribution in [0.5, 0.6) is 0 Å². The molecule has 2 atom stereocenters. The van der Waals surface area contributed by atoms with Gasteiger partial charge in [-0.1, -0.05) is 12.2 Å². The van der Waals surface area contributed by atoms with Crippen molar-refractivity contribution in [1.82, 2.24) is 0 Å². The van der Waals surface area contributed by atoms with Crippen molar-refractivity contribution in [3.8, 4) is 0 Å². The zero-order valence-corrected chi connectivity index (χ0v) is 7.12. The summed E-state index contributed by atoms with van der Waals surface area (Å²) < 4.78 is 0. The SMILES string of the molecule is CC(=O)C1C=CCCC1C(N)=O. The highest BCUT2D eigenvalue weighted by Gasteiger charge is 2.29. The van der Waals surface area contributed by atoms with Gasteiger partial charge in [-0.3, -0.25) is 9.59 Å². The Bertz CT molecular complexity index is 233. The fraction of sp³-hybridized carbons (Fsp3) is 0.556. The summed E-state index contributed by atoms with van der Waals surface area (Å²) in [6.07, 6.45) is 5.28. The van der Waals surface area contributed by atoms with E-state index in [1.807, 2.05) is 6.08 Å². The third-order valence-electron chi connectivity index (χ3n) is 2.26. The van der Waals surface area contributed by atoms with E-state index >= 15 is 0 Å². The van der Waals surface area contributed by atoms with Gasteiger partial charge in [-0.15, -0.1) is 0 Å².